The van der Waals surface area contributed by atoms with Gasteiger partial charge in [0.05, 0.1) is 0 Å². The third kappa shape index (κ3) is 3.80. The van der Waals surface area contributed by atoms with E-state index in [1.165, 1.54) is 31.5 Å². The van der Waals surface area contributed by atoms with Gasteiger partial charge >= 0.3 is 0 Å². The van der Waals surface area contributed by atoms with Crippen LogP contribution in [0.15, 0.2) is 27.1 Å². The molecule has 2 nitrogen and oxygen atoms in total. The van der Waals surface area contributed by atoms with Crippen LogP contribution in [0.4, 0.5) is 0 Å². The van der Waals surface area contributed by atoms with Crippen molar-refractivity contribution in [2.75, 3.05) is 13.1 Å². The number of benzene rings is 1. The van der Waals surface area contributed by atoms with Crippen LogP contribution in [-0.4, -0.2) is 24.0 Å². The van der Waals surface area contributed by atoms with Crippen LogP contribution in [0.3, 0.4) is 0 Å². The molecule has 1 aromatic rings. The van der Waals surface area contributed by atoms with Crippen molar-refractivity contribution < 1.29 is 0 Å². The molecule has 0 aliphatic carbocycles. The molecule has 0 aromatic heterocycles. The number of piperidine rings is 1. The predicted octanol–water partition coefficient (Wildman–Crippen LogP) is 3.77. The highest BCUT2D eigenvalue weighted by Gasteiger charge is 2.21. The van der Waals surface area contributed by atoms with Crippen LogP contribution in [0.25, 0.3) is 0 Å². The van der Waals surface area contributed by atoms with Crippen LogP contribution in [0.2, 0.25) is 0 Å². The van der Waals surface area contributed by atoms with Crippen molar-refractivity contribution in [1.29, 1.82) is 0 Å². The molecule has 1 heterocycles. The van der Waals surface area contributed by atoms with E-state index < -0.39 is 0 Å². The van der Waals surface area contributed by atoms with Gasteiger partial charge in [-0.25, -0.2) is 0 Å². The average Bonchev–Trinajstić information content (AvgIpc) is 2.34. The van der Waals surface area contributed by atoms with Crippen LogP contribution < -0.4 is 5.73 Å². The second-order valence-corrected chi connectivity index (χ2v) is 6.93. The van der Waals surface area contributed by atoms with Crippen LogP contribution in [-0.2, 0) is 6.54 Å². The third-order valence-electron chi connectivity index (χ3n) is 3.77. The summed E-state index contributed by atoms with van der Waals surface area (Å²) in [7, 11) is 0. The number of nitrogens with two attached hydrogens (primary N) is 1. The monoisotopic (exact) mass is 374 g/mol. The Bertz CT molecular complexity index is 399. The van der Waals surface area contributed by atoms with Crippen molar-refractivity contribution in [2.24, 2.45) is 11.7 Å². The Morgan fingerprint density at radius 1 is 1.28 bits per heavy atom. The molecular formula is C14H20Br2N2. The number of hydrogen-bond acceptors (Lipinski definition) is 2. The first kappa shape index (κ1) is 14.5. The minimum absolute atomic E-state index is 0.342. The molecule has 1 fully saturated rings. The van der Waals surface area contributed by atoms with Gasteiger partial charge in [0.2, 0.25) is 0 Å². The molecule has 0 bridgehead atoms. The SMILES string of the molecule is CC(N)C1CCN(Cc2ccc(Br)c(Br)c2)CC1. The van der Waals surface area contributed by atoms with Gasteiger partial charge in [-0.3, -0.25) is 4.90 Å². The first-order valence-corrected chi connectivity index (χ1v) is 8.06. The fourth-order valence-electron chi connectivity index (χ4n) is 2.53. The minimum Gasteiger partial charge on any atom is -0.328 e. The van der Waals surface area contributed by atoms with Gasteiger partial charge in [0.1, 0.15) is 0 Å². The van der Waals surface area contributed by atoms with Gasteiger partial charge in [0.25, 0.3) is 0 Å². The van der Waals surface area contributed by atoms with E-state index >= 15 is 0 Å². The van der Waals surface area contributed by atoms with Gasteiger partial charge in [-0.2, -0.15) is 0 Å². The Kier molecular flexibility index (Phi) is 5.24. The van der Waals surface area contributed by atoms with E-state index in [0.717, 1.165) is 15.5 Å². The van der Waals surface area contributed by atoms with Crippen molar-refractivity contribution in [2.45, 2.75) is 32.4 Å². The number of likely N-dealkylation sites (tertiary alicyclic amines) is 1. The number of rotatable bonds is 3. The molecule has 1 saturated heterocycles. The van der Waals surface area contributed by atoms with Crippen molar-refractivity contribution in [3.05, 3.63) is 32.7 Å². The Morgan fingerprint density at radius 2 is 1.94 bits per heavy atom. The van der Waals surface area contributed by atoms with Crippen molar-refractivity contribution in [1.82, 2.24) is 4.90 Å². The molecule has 1 atom stereocenters. The summed E-state index contributed by atoms with van der Waals surface area (Å²) in [6, 6.07) is 6.83. The molecule has 2 N–H and O–H groups in total. The summed E-state index contributed by atoms with van der Waals surface area (Å²) in [6.07, 6.45) is 2.46. The number of hydrogen-bond donors (Lipinski definition) is 1. The van der Waals surface area contributed by atoms with Crippen LogP contribution >= 0.6 is 31.9 Å². The summed E-state index contributed by atoms with van der Waals surface area (Å²) in [5, 5.41) is 0. The predicted molar refractivity (Wildman–Crippen MR) is 83.5 cm³/mol. The standard InChI is InChI=1S/C14H20Br2N2/c1-10(17)12-4-6-18(7-5-12)9-11-2-3-13(15)14(16)8-11/h2-3,8,10,12H,4-7,9,17H2,1H3. The second-order valence-electron chi connectivity index (χ2n) is 5.22. The van der Waals surface area contributed by atoms with Gasteiger partial charge in [-0.15, -0.1) is 0 Å². The lowest BCUT2D eigenvalue weighted by Gasteiger charge is -2.33. The number of nitrogens with zero attached hydrogens (tertiary/aromatic N) is 1. The highest BCUT2D eigenvalue weighted by Crippen LogP contribution is 2.26. The number of halogens is 2. The first-order chi connectivity index (χ1) is 8.56. The smallest absolute Gasteiger partial charge is 0.0320 e. The quantitative estimate of drug-likeness (QED) is 0.871. The molecule has 1 aliphatic rings. The fourth-order valence-corrected chi connectivity index (χ4v) is 3.21. The first-order valence-electron chi connectivity index (χ1n) is 6.48. The average molecular weight is 376 g/mol. The maximum Gasteiger partial charge on any atom is 0.0320 e. The van der Waals surface area contributed by atoms with Gasteiger partial charge in [-0.1, -0.05) is 6.07 Å². The zero-order valence-corrected chi connectivity index (χ0v) is 13.9. The maximum atomic E-state index is 5.97. The molecule has 1 aromatic carbocycles. The molecule has 0 spiro atoms. The summed E-state index contributed by atoms with van der Waals surface area (Å²) in [5.41, 5.74) is 7.34. The lowest BCUT2D eigenvalue weighted by Crippen LogP contribution is -2.39. The van der Waals surface area contributed by atoms with Crippen LogP contribution in [0.5, 0.6) is 0 Å². The largest absolute Gasteiger partial charge is 0.328 e. The van der Waals surface area contributed by atoms with Crippen molar-refractivity contribution >= 4 is 31.9 Å². The fraction of sp³-hybridized carbons (Fsp3) is 0.571. The van der Waals surface area contributed by atoms with Crippen molar-refractivity contribution in [3.8, 4) is 0 Å². The topological polar surface area (TPSA) is 29.3 Å². The van der Waals surface area contributed by atoms with E-state index in [9.17, 15) is 0 Å². The second kappa shape index (κ2) is 6.51. The Hall–Kier alpha value is 0.1000. The Labute approximate surface area is 126 Å². The summed E-state index contributed by atoms with van der Waals surface area (Å²) >= 11 is 7.06. The Balaban J connectivity index is 1.89. The van der Waals surface area contributed by atoms with Gasteiger partial charge in [0.15, 0.2) is 0 Å². The molecule has 0 radical (unpaired) electrons. The zero-order valence-electron chi connectivity index (χ0n) is 10.7. The van der Waals surface area contributed by atoms with Gasteiger partial charge in [0, 0.05) is 21.5 Å². The van der Waals surface area contributed by atoms with Crippen LogP contribution in [0.1, 0.15) is 25.3 Å². The van der Waals surface area contributed by atoms with E-state index in [0.29, 0.717) is 12.0 Å². The highest BCUT2D eigenvalue weighted by atomic mass is 79.9. The summed E-state index contributed by atoms with van der Waals surface area (Å²) in [6.45, 7) is 5.50. The molecule has 0 saturated carbocycles. The lowest BCUT2D eigenvalue weighted by atomic mass is 9.91. The third-order valence-corrected chi connectivity index (χ3v) is 5.65. The Morgan fingerprint density at radius 3 is 2.50 bits per heavy atom. The van der Waals surface area contributed by atoms with E-state index in [4.69, 9.17) is 5.73 Å². The lowest BCUT2D eigenvalue weighted by molar-refractivity contribution is 0.165. The summed E-state index contributed by atoms with van der Waals surface area (Å²) < 4.78 is 2.24. The molecule has 1 unspecified atom stereocenters. The normalized spacial score (nSPS) is 20.0. The molecule has 2 rings (SSSR count). The summed E-state index contributed by atoms with van der Waals surface area (Å²) in [5.74, 6) is 0.706. The molecule has 100 valence electrons. The maximum absolute atomic E-state index is 5.97. The molecular weight excluding hydrogens is 356 g/mol. The highest BCUT2D eigenvalue weighted by molar-refractivity contribution is 9.13. The van der Waals surface area contributed by atoms with Crippen LogP contribution in [0, 0.1) is 5.92 Å². The molecule has 1 aliphatic heterocycles. The van der Waals surface area contributed by atoms with Crippen molar-refractivity contribution in [3.63, 3.8) is 0 Å². The van der Waals surface area contributed by atoms with Gasteiger partial charge < -0.3 is 5.73 Å². The van der Waals surface area contributed by atoms with E-state index in [-0.39, 0.29) is 0 Å². The molecule has 0 amide bonds. The zero-order chi connectivity index (χ0) is 13.1. The van der Waals surface area contributed by atoms with E-state index in [2.05, 4.69) is 61.9 Å². The minimum atomic E-state index is 0.342. The molecule has 18 heavy (non-hydrogen) atoms. The molecule has 4 heteroatoms. The summed E-state index contributed by atoms with van der Waals surface area (Å²) in [4.78, 5) is 2.52. The van der Waals surface area contributed by atoms with E-state index in [1.54, 1.807) is 0 Å². The van der Waals surface area contributed by atoms with E-state index in [1.807, 2.05) is 0 Å². The van der Waals surface area contributed by atoms with Gasteiger partial charge in [-0.05, 0) is 88.3 Å².